The average molecular weight is 291 g/mol. The maximum absolute atomic E-state index is 11.5. The SMILES string of the molecule is C=CCOC(=O)N[C@H]1CC(=O)OC1OCc1ccccc1. The number of benzene rings is 1. The Labute approximate surface area is 122 Å². The van der Waals surface area contributed by atoms with Gasteiger partial charge in [-0.2, -0.15) is 0 Å². The van der Waals surface area contributed by atoms with Crippen molar-refractivity contribution < 1.29 is 23.8 Å². The van der Waals surface area contributed by atoms with E-state index in [-0.39, 0.29) is 13.0 Å². The lowest BCUT2D eigenvalue weighted by Crippen LogP contribution is -2.41. The van der Waals surface area contributed by atoms with Gasteiger partial charge in [-0.15, -0.1) is 0 Å². The number of esters is 1. The van der Waals surface area contributed by atoms with Crippen LogP contribution in [0.3, 0.4) is 0 Å². The molecule has 6 heteroatoms. The molecular formula is C15H17NO5. The van der Waals surface area contributed by atoms with E-state index in [2.05, 4.69) is 11.9 Å². The number of hydrogen-bond donors (Lipinski definition) is 1. The van der Waals surface area contributed by atoms with Crippen LogP contribution in [0.4, 0.5) is 4.79 Å². The van der Waals surface area contributed by atoms with Gasteiger partial charge in [-0.25, -0.2) is 4.79 Å². The van der Waals surface area contributed by atoms with Gasteiger partial charge in [-0.3, -0.25) is 4.79 Å². The van der Waals surface area contributed by atoms with Crippen molar-refractivity contribution in [2.24, 2.45) is 0 Å². The summed E-state index contributed by atoms with van der Waals surface area (Å²) in [7, 11) is 0. The zero-order valence-electron chi connectivity index (χ0n) is 11.5. The van der Waals surface area contributed by atoms with Crippen LogP contribution in [0.25, 0.3) is 0 Å². The minimum atomic E-state index is -0.811. The van der Waals surface area contributed by atoms with Crippen molar-refractivity contribution in [1.29, 1.82) is 0 Å². The number of hydrogen-bond acceptors (Lipinski definition) is 5. The molecule has 1 aromatic carbocycles. The van der Waals surface area contributed by atoms with Crippen molar-refractivity contribution in [3.63, 3.8) is 0 Å². The smallest absolute Gasteiger partial charge is 0.407 e. The summed E-state index contributed by atoms with van der Waals surface area (Å²) in [5.41, 5.74) is 0.952. The highest BCUT2D eigenvalue weighted by atomic mass is 16.7. The first kappa shape index (κ1) is 15.1. The molecule has 0 aromatic heterocycles. The fourth-order valence-corrected chi connectivity index (χ4v) is 1.89. The van der Waals surface area contributed by atoms with Gasteiger partial charge in [0, 0.05) is 0 Å². The third-order valence-corrected chi connectivity index (χ3v) is 2.86. The predicted octanol–water partition coefficient (Wildman–Crippen LogP) is 1.76. The van der Waals surface area contributed by atoms with E-state index >= 15 is 0 Å². The Balaban J connectivity index is 1.86. The minimum absolute atomic E-state index is 0.0582. The molecule has 1 heterocycles. The quantitative estimate of drug-likeness (QED) is 0.638. The molecule has 0 saturated carbocycles. The Morgan fingerprint density at radius 1 is 1.43 bits per heavy atom. The molecule has 2 rings (SSSR count). The largest absolute Gasteiger partial charge is 0.445 e. The molecule has 1 aromatic rings. The Bertz CT molecular complexity index is 502. The first-order valence-corrected chi connectivity index (χ1v) is 6.58. The van der Waals surface area contributed by atoms with Crippen molar-refractivity contribution in [2.75, 3.05) is 6.61 Å². The van der Waals surface area contributed by atoms with Crippen LogP contribution in [0.5, 0.6) is 0 Å². The number of nitrogens with one attached hydrogen (secondary N) is 1. The fraction of sp³-hybridized carbons (Fsp3) is 0.333. The van der Waals surface area contributed by atoms with E-state index in [0.29, 0.717) is 6.61 Å². The monoisotopic (exact) mass is 291 g/mol. The second-order valence-electron chi connectivity index (χ2n) is 4.50. The standard InChI is InChI=1S/C15H17NO5/c1-2-8-19-15(18)16-12-9-13(17)21-14(12)20-10-11-6-4-3-5-7-11/h2-7,12,14H,1,8-10H2,(H,16,18)/t12-,14?/m0/s1. The average Bonchev–Trinajstić information content (AvgIpc) is 2.83. The first-order chi connectivity index (χ1) is 10.2. The summed E-state index contributed by atoms with van der Waals surface area (Å²) >= 11 is 0. The van der Waals surface area contributed by atoms with Crippen LogP contribution < -0.4 is 5.32 Å². The van der Waals surface area contributed by atoms with E-state index in [9.17, 15) is 9.59 Å². The van der Waals surface area contributed by atoms with Crippen molar-refractivity contribution in [3.05, 3.63) is 48.6 Å². The number of ether oxygens (including phenoxy) is 3. The zero-order chi connectivity index (χ0) is 15.1. The van der Waals surface area contributed by atoms with Crippen LogP contribution in [0.15, 0.2) is 43.0 Å². The maximum atomic E-state index is 11.5. The van der Waals surface area contributed by atoms with Gasteiger partial charge in [0.05, 0.1) is 13.0 Å². The molecule has 1 amide bonds. The molecule has 1 aliphatic heterocycles. The van der Waals surface area contributed by atoms with Gasteiger partial charge in [0.1, 0.15) is 12.6 Å². The molecule has 6 nitrogen and oxygen atoms in total. The fourth-order valence-electron chi connectivity index (χ4n) is 1.89. The van der Waals surface area contributed by atoms with Gasteiger partial charge < -0.3 is 19.5 Å². The zero-order valence-corrected chi connectivity index (χ0v) is 11.5. The number of cyclic esters (lactones) is 1. The van der Waals surface area contributed by atoms with Crippen LogP contribution in [0, 0.1) is 0 Å². The van der Waals surface area contributed by atoms with Gasteiger partial charge in [0.15, 0.2) is 0 Å². The molecule has 1 N–H and O–H groups in total. The Hall–Kier alpha value is -2.34. The first-order valence-electron chi connectivity index (χ1n) is 6.58. The molecule has 0 bridgehead atoms. The summed E-state index contributed by atoms with van der Waals surface area (Å²) in [6, 6.07) is 8.93. The summed E-state index contributed by atoms with van der Waals surface area (Å²) < 4.78 is 15.4. The van der Waals surface area contributed by atoms with Crippen LogP contribution in [0.1, 0.15) is 12.0 Å². The Kier molecular flexibility index (Phi) is 5.34. The lowest BCUT2D eigenvalue weighted by Gasteiger charge is -2.18. The molecular weight excluding hydrogens is 274 g/mol. The predicted molar refractivity (Wildman–Crippen MR) is 74.2 cm³/mol. The molecule has 1 saturated heterocycles. The molecule has 112 valence electrons. The number of amides is 1. The molecule has 2 atom stereocenters. The third-order valence-electron chi connectivity index (χ3n) is 2.86. The van der Waals surface area contributed by atoms with Gasteiger partial charge >= 0.3 is 12.1 Å². The van der Waals surface area contributed by atoms with Crippen molar-refractivity contribution in [2.45, 2.75) is 25.4 Å². The Morgan fingerprint density at radius 3 is 2.90 bits per heavy atom. The molecule has 1 fully saturated rings. The van der Waals surface area contributed by atoms with Crippen LogP contribution in [-0.4, -0.2) is 31.0 Å². The van der Waals surface area contributed by atoms with Crippen molar-refractivity contribution in [1.82, 2.24) is 5.32 Å². The number of carbonyl (C=O) groups excluding carboxylic acids is 2. The second-order valence-corrected chi connectivity index (χ2v) is 4.50. The van der Waals surface area contributed by atoms with Crippen LogP contribution >= 0.6 is 0 Å². The molecule has 0 radical (unpaired) electrons. The van der Waals surface area contributed by atoms with E-state index < -0.39 is 24.4 Å². The summed E-state index contributed by atoms with van der Waals surface area (Å²) in [6.07, 6.45) is 0.0718. The van der Waals surface area contributed by atoms with Crippen LogP contribution in [0.2, 0.25) is 0 Å². The van der Waals surface area contributed by atoms with E-state index in [4.69, 9.17) is 14.2 Å². The van der Waals surface area contributed by atoms with E-state index in [1.807, 2.05) is 30.3 Å². The van der Waals surface area contributed by atoms with Crippen molar-refractivity contribution >= 4 is 12.1 Å². The van der Waals surface area contributed by atoms with Gasteiger partial charge in [0.2, 0.25) is 6.29 Å². The highest BCUT2D eigenvalue weighted by molar-refractivity contribution is 5.75. The number of rotatable bonds is 6. The lowest BCUT2D eigenvalue weighted by atomic mass is 10.2. The van der Waals surface area contributed by atoms with Crippen molar-refractivity contribution in [3.8, 4) is 0 Å². The molecule has 21 heavy (non-hydrogen) atoms. The molecule has 0 spiro atoms. The highest BCUT2D eigenvalue weighted by Gasteiger charge is 2.37. The van der Waals surface area contributed by atoms with E-state index in [0.717, 1.165) is 5.56 Å². The van der Waals surface area contributed by atoms with E-state index in [1.54, 1.807) is 0 Å². The highest BCUT2D eigenvalue weighted by Crippen LogP contribution is 2.18. The second kappa shape index (κ2) is 7.44. The number of alkyl carbamates (subject to hydrolysis) is 1. The van der Waals surface area contributed by atoms with Gasteiger partial charge in [0.25, 0.3) is 0 Å². The van der Waals surface area contributed by atoms with Crippen LogP contribution in [-0.2, 0) is 25.6 Å². The summed E-state index contributed by atoms with van der Waals surface area (Å²) in [5.74, 6) is -0.415. The van der Waals surface area contributed by atoms with Gasteiger partial charge in [-0.1, -0.05) is 43.0 Å². The normalized spacial score (nSPS) is 20.7. The Morgan fingerprint density at radius 2 is 2.19 bits per heavy atom. The number of carbonyl (C=O) groups is 2. The minimum Gasteiger partial charge on any atom is -0.445 e. The van der Waals surface area contributed by atoms with E-state index in [1.165, 1.54) is 6.08 Å². The molecule has 1 unspecified atom stereocenters. The third kappa shape index (κ3) is 4.61. The summed E-state index contributed by atoms with van der Waals surface area (Å²) in [6.45, 7) is 3.84. The maximum Gasteiger partial charge on any atom is 0.407 e. The van der Waals surface area contributed by atoms with Gasteiger partial charge in [-0.05, 0) is 5.56 Å². The summed E-state index contributed by atoms with van der Waals surface area (Å²) in [5, 5.41) is 2.55. The molecule has 1 aliphatic rings. The molecule has 0 aliphatic carbocycles. The topological polar surface area (TPSA) is 73.9 Å². The lowest BCUT2D eigenvalue weighted by molar-refractivity contribution is -0.167. The summed E-state index contributed by atoms with van der Waals surface area (Å²) in [4.78, 5) is 22.8.